The van der Waals surface area contributed by atoms with Crippen LogP contribution in [-0.4, -0.2) is 21.8 Å². The molecule has 0 unspecified atom stereocenters. The summed E-state index contributed by atoms with van der Waals surface area (Å²) >= 11 is 3.34. The zero-order valence-corrected chi connectivity index (χ0v) is 14.0. The lowest BCUT2D eigenvalue weighted by atomic mass is 10.2. The molecule has 0 saturated carbocycles. The number of ether oxygens (including phenoxy) is 1. The first kappa shape index (κ1) is 14.8. The number of nitrogens with zero attached hydrogens (tertiary/aromatic N) is 3. The van der Waals surface area contributed by atoms with Gasteiger partial charge in [0, 0.05) is 17.7 Å². The molecule has 1 N–H and O–H groups in total. The third-order valence-electron chi connectivity index (χ3n) is 3.59. The number of rotatable bonds is 6. The largest absolute Gasteiger partial charge is 0.408 e. The lowest BCUT2D eigenvalue weighted by Gasteiger charge is -2.03. The summed E-state index contributed by atoms with van der Waals surface area (Å²) < 4.78 is 11.3. The molecule has 3 aromatic heterocycles. The summed E-state index contributed by atoms with van der Waals surface area (Å²) in [6, 6.07) is 2.51. The van der Waals surface area contributed by atoms with Gasteiger partial charge in [-0.05, 0) is 35.2 Å². The first-order valence-electron chi connectivity index (χ1n) is 7.50. The van der Waals surface area contributed by atoms with E-state index in [0.717, 1.165) is 29.3 Å². The van der Waals surface area contributed by atoms with Crippen molar-refractivity contribution in [2.24, 2.45) is 0 Å². The molecule has 1 atom stereocenters. The van der Waals surface area contributed by atoms with Gasteiger partial charge in [0.2, 0.25) is 5.89 Å². The molecule has 0 aromatic carbocycles. The molecule has 4 rings (SSSR count). The zero-order valence-electron chi connectivity index (χ0n) is 12.4. The Hall–Kier alpha value is -1.77. The molecule has 8 heteroatoms. The number of anilines is 1. The molecule has 1 aliphatic heterocycles. The highest BCUT2D eigenvalue weighted by Crippen LogP contribution is 2.31. The Morgan fingerprint density at radius 1 is 1.35 bits per heavy atom. The number of hydrogen-bond acceptors (Lipinski definition) is 8. The fraction of sp³-hybridized carbons (Fsp3) is 0.400. The maximum Gasteiger partial charge on any atom is 0.315 e. The Labute approximate surface area is 141 Å². The average molecular weight is 348 g/mol. The quantitative estimate of drug-likeness (QED) is 0.733. The van der Waals surface area contributed by atoms with Crippen LogP contribution in [0.1, 0.15) is 40.3 Å². The van der Waals surface area contributed by atoms with Crippen LogP contribution in [0.25, 0.3) is 0 Å². The lowest BCUT2D eigenvalue weighted by molar-refractivity contribution is 0.111. The van der Waals surface area contributed by atoms with Crippen molar-refractivity contribution in [3.63, 3.8) is 0 Å². The van der Waals surface area contributed by atoms with Gasteiger partial charge >= 0.3 is 6.01 Å². The molecule has 0 bridgehead atoms. The minimum Gasteiger partial charge on any atom is -0.408 e. The van der Waals surface area contributed by atoms with Gasteiger partial charge in [0.15, 0.2) is 0 Å². The van der Waals surface area contributed by atoms with Crippen molar-refractivity contribution in [1.82, 2.24) is 15.2 Å². The Morgan fingerprint density at radius 3 is 3.17 bits per heavy atom. The van der Waals surface area contributed by atoms with E-state index in [9.17, 15) is 0 Å². The number of nitrogens with one attached hydrogen (secondary N) is 1. The van der Waals surface area contributed by atoms with Crippen LogP contribution in [0.4, 0.5) is 6.01 Å². The van der Waals surface area contributed by atoms with E-state index in [1.807, 2.05) is 11.6 Å². The van der Waals surface area contributed by atoms with Gasteiger partial charge in [0.05, 0.1) is 13.0 Å². The number of aromatic nitrogens is 3. The fourth-order valence-electron chi connectivity index (χ4n) is 2.45. The van der Waals surface area contributed by atoms with Crippen molar-refractivity contribution >= 4 is 28.7 Å². The minimum atomic E-state index is 0.175. The van der Waals surface area contributed by atoms with Gasteiger partial charge in [-0.25, -0.2) is 4.98 Å². The molecule has 0 radical (unpaired) electrons. The van der Waals surface area contributed by atoms with Crippen molar-refractivity contribution in [3.05, 3.63) is 44.4 Å². The van der Waals surface area contributed by atoms with Crippen LogP contribution in [-0.2, 0) is 17.7 Å². The van der Waals surface area contributed by atoms with Gasteiger partial charge in [0.1, 0.15) is 11.1 Å². The van der Waals surface area contributed by atoms with Gasteiger partial charge in [-0.15, -0.1) is 16.4 Å². The van der Waals surface area contributed by atoms with E-state index in [0.29, 0.717) is 24.9 Å². The van der Waals surface area contributed by atoms with Crippen molar-refractivity contribution in [3.8, 4) is 0 Å². The van der Waals surface area contributed by atoms with Crippen LogP contribution in [0.3, 0.4) is 0 Å². The Kier molecular flexibility index (Phi) is 4.36. The van der Waals surface area contributed by atoms with E-state index in [4.69, 9.17) is 9.15 Å². The van der Waals surface area contributed by atoms with Gasteiger partial charge < -0.3 is 14.5 Å². The third-order valence-corrected chi connectivity index (χ3v) is 5.41. The Balaban J connectivity index is 1.33. The molecule has 6 nitrogen and oxygen atoms in total. The highest BCUT2D eigenvalue weighted by molar-refractivity contribution is 7.11. The summed E-state index contributed by atoms with van der Waals surface area (Å²) in [5.41, 5.74) is 1.19. The zero-order chi connectivity index (χ0) is 15.5. The van der Waals surface area contributed by atoms with Crippen molar-refractivity contribution < 1.29 is 9.15 Å². The molecular formula is C15H16N4O2S2. The SMILES string of the molecule is c1cc(Cc2nnc(NCc3cnc([C@@H]4CCCO4)s3)o2)cs1. The number of hydrogen-bond donors (Lipinski definition) is 1. The fourth-order valence-corrected chi connectivity index (χ4v) is 4.06. The first-order chi connectivity index (χ1) is 11.4. The smallest absolute Gasteiger partial charge is 0.315 e. The molecule has 3 aromatic rings. The van der Waals surface area contributed by atoms with Crippen molar-refractivity contribution in [1.29, 1.82) is 0 Å². The topological polar surface area (TPSA) is 73.1 Å². The van der Waals surface area contributed by atoms with Crippen molar-refractivity contribution in [2.75, 3.05) is 11.9 Å². The molecular weight excluding hydrogens is 332 g/mol. The lowest BCUT2D eigenvalue weighted by Crippen LogP contribution is -1.97. The summed E-state index contributed by atoms with van der Waals surface area (Å²) in [5, 5.41) is 16.4. The van der Waals surface area contributed by atoms with Crippen LogP contribution in [0.15, 0.2) is 27.4 Å². The van der Waals surface area contributed by atoms with E-state index >= 15 is 0 Å². The molecule has 0 amide bonds. The third kappa shape index (κ3) is 3.60. The summed E-state index contributed by atoms with van der Waals surface area (Å²) in [6.45, 7) is 1.47. The van der Waals surface area contributed by atoms with Crippen LogP contribution in [0.2, 0.25) is 0 Å². The van der Waals surface area contributed by atoms with Gasteiger partial charge in [-0.1, -0.05) is 5.10 Å². The molecule has 23 heavy (non-hydrogen) atoms. The second-order valence-electron chi connectivity index (χ2n) is 5.33. The first-order valence-corrected chi connectivity index (χ1v) is 9.26. The van der Waals surface area contributed by atoms with E-state index in [1.165, 1.54) is 5.56 Å². The van der Waals surface area contributed by atoms with Crippen LogP contribution < -0.4 is 5.32 Å². The predicted molar refractivity (Wildman–Crippen MR) is 88.8 cm³/mol. The second-order valence-corrected chi connectivity index (χ2v) is 7.26. The predicted octanol–water partition coefficient (Wildman–Crippen LogP) is 3.64. The van der Waals surface area contributed by atoms with Gasteiger partial charge in [-0.3, -0.25) is 0 Å². The van der Waals surface area contributed by atoms with Crippen molar-refractivity contribution in [2.45, 2.75) is 31.9 Å². The number of thiophene rings is 1. The van der Waals surface area contributed by atoms with E-state index in [2.05, 4.69) is 31.9 Å². The van der Waals surface area contributed by atoms with E-state index in [1.54, 1.807) is 22.7 Å². The highest BCUT2D eigenvalue weighted by Gasteiger charge is 2.20. The maximum absolute atomic E-state index is 5.66. The standard InChI is InChI=1S/C15H16N4O2S2/c1-2-12(20-4-1)14-16-7-11(23-14)8-17-15-19-18-13(21-15)6-10-3-5-22-9-10/h3,5,7,9,12H,1-2,4,6,8H2,(H,17,19)/t12-/m0/s1. The molecule has 0 aliphatic carbocycles. The van der Waals surface area contributed by atoms with Gasteiger partial charge in [0.25, 0.3) is 0 Å². The average Bonchev–Trinajstić information content (AvgIpc) is 3.33. The molecule has 1 fully saturated rings. The Bertz CT molecular complexity index is 747. The number of thiazole rings is 1. The molecule has 0 spiro atoms. The summed E-state index contributed by atoms with van der Waals surface area (Å²) in [6.07, 6.45) is 4.91. The maximum atomic E-state index is 5.66. The summed E-state index contributed by atoms with van der Waals surface area (Å²) in [7, 11) is 0. The minimum absolute atomic E-state index is 0.175. The molecule has 1 aliphatic rings. The van der Waals surface area contributed by atoms with E-state index < -0.39 is 0 Å². The highest BCUT2D eigenvalue weighted by atomic mass is 32.1. The van der Waals surface area contributed by atoms with Crippen LogP contribution in [0.5, 0.6) is 0 Å². The summed E-state index contributed by atoms with van der Waals surface area (Å²) in [4.78, 5) is 5.59. The normalized spacial score (nSPS) is 17.7. The Morgan fingerprint density at radius 2 is 2.35 bits per heavy atom. The monoisotopic (exact) mass is 348 g/mol. The van der Waals surface area contributed by atoms with E-state index in [-0.39, 0.29) is 6.10 Å². The molecule has 1 saturated heterocycles. The van der Waals surface area contributed by atoms with Gasteiger partial charge in [-0.2, -0.15) is 11.3 Å². The van der Waals surface area contributed by atoms with Crippen LogP contribution in [0, 0.1) is 0 Å². The molecule has 120 valence electrons. The van der Waals surface area contributed by atoms with Crippen LogP contribution >= 0.6 is 22.7 Å². The summed E-state index contributed by atoms with van der Waals surface area (Å²) in [5.74, 6) is 0.621. The second kappa shape index (κ2) is 6.77. The molecule has 4 heterocycles.